The average Bonchev–Trinajstić information content (AvgIpc) is 3.70. The number of aliphatic hydroxyl groups excluding tert-OH is 1. The molecular formula is C48H49N7O5S. The van der Waals surface area contributed by atoms with Gasteiger partial charge in [0.2, 0.25) is 15.9 Å². The molecule has 3 N–H and O–H groups in total. The minimum Gasteiger partial charge on any atom is -0.455 e. The van der Waals surface area contributed by atoms with E-state index in [0.29, 0.717) is 61.6 Å². The molecule has 6 aromatic rings. The number of pyridine rings is 2. The van der Waals surface area contributed by atoms with Crippen molar-refractivity contribution in [2.75, 3.05) is 31.5 Å². The highest BCUT2D eigenvalue weighted by Gasteiger charge is 2.51. The number of furan rings is 1. The van der Waals surface area contributed by atoms with Crippen LogP contribution in [0.4, 0.5) is 11.5 Å². The number of likely N-dealkylation sites (tertiary alicyclic amines) is 2. The molecule has 10 rings (SSSR count). The van der Waals surface area contributed by atoms with Gasteiger partial charge in [0.15, 0.2) is 11.4 Å². The van der Waals surface area contributed by atoms with Crippen molar-refractivity contribution < 1.29 is 22.7 Å². The van der Waals surface area contributed by atoms with Crippen molar-refractivity contribution in [2.45, 2.75) is 82.7 Å². The Bertz CT molecular complexity index is 2920. The van der Waals surface area contributed by atoms with Crippen LogP contribution in [-0.4, -0.2) is 76.2 Å². The molecule has 12 nitrogen and oxygen atoms in total. The monoisotopic (exact) mass is 835 g/mol. The molecule has 3 fully saturated rings. The van der Waals surface area contributed by atoms with Gasteiger partial charge in [-0.05, 0) is 135 Å². The number of rotatable bonds is 10. The van der Waals surface area contributed by atoms with E-state index in [1.807, 2.05) is 30.5 Å². The highest BCUT2D eigenvalue weighted by molar-refractivity contribution is 7.91. The van der Waals surface area contributed by atoms with E-state index >= 15 is 0 Å². The lowest BCUT2D eigenvalue weighted by molar-refractivity contribution is -0.122. The SMILES string of the molecule is Cc1c(Nc2nccc3cc(CN4CC[C@@H](O)C4)cnc23)cccc1-c1cccc(-c2cc3cc4c(c(C#N)c3o2)CC[C@H]4N2CC[C@@H](C(=O)NS(=O)(=O)C3(C)CC3)C2)c1C. The molecule has 0 radical (unpaired) electrons. The number of fused-ring (bicyclic) bond motifs is 3. The van der Waals surface area contributed by atoms with Crippen LogP contribution in [0.2, 0.25) is 0 Å². The Hall–Kier alpha value is -5.65. The summed E-state index contributed by atoms with van der Waals surface area (Å²) in [5, 5.41) is 25.9. The van der Waals surface area contributed by atoms with Gasteiger partial charge in [-0.1, -0.05) is 30.3 Å². The third-order valence-electron chi connectivity index (χ3n) is 13.7. The fourth-order valence-electron chi connectivity index (χ4n) is 9.83. The first-order chi connectivity index (χ1) is 29.4. The summed E-state index contributed by atoms with van der Waals surface area (Å²) in [6.07, 6.45) is 7.54. The van der Waals surface area contributed by atoms with E-state index in [1.165, 1.54) is 0 Å². The van der Waals surface area contributed by atoms with Crippen molar-refractivity contribution in [3.05, 3.63) is 106 Å². The van der Waals surface area contributed by atoms with Crippen LogP contribution in [0.15, 0.2) is 77.5 Å². The molecule has 1 amide bonds. The lowest BCUT2D eigenvalue weighted by Gasteiger charge is -2.25. The number of sulfonamides is 1. The number of benzene rings is 3. The average molecular weight is 836 g/mol. The first kappa shape index (κ1) is 39.5. The van der Waals surface area contributed by atoms with Gasteiger partial charge >= 0.3 is 0 Å². The van der Waals surface area contributed by atoms with Crippen LogP contribution >= 0.6 is 0 Å². The van der Waals surface area contributed by atoms with Crippen molar-refractivity contribution in [3.8, 4) is 28.5 Å². The van der Waals surface area contributed by atoms with Crippen molar-refractivity contribution in [3.63, 3.8) is 0 Å². The molecule has 61 heavy (non-hydrogen) atoms. The van der Waals surface area contributed by atoms with Crippen LogP contribution in [0.25, 0.3) is 44.3 Å². The molecule has 312 valence electrons. The number of nitrogens with zero attached hydrogens (tertiary/aromatic N) is 5. The number of hydrogen-bond acceptors (Lipinski definition) is 11. The van der Waals surface area contributed by atoms with Crippen LogP contribution in [0.3, 0.4) is 0 Å². The van der Waals surface area contributed by atoms with Gasteiger partial charge in [-0.3, -0.25) is 24.3 Å². The smallest absolute Gasteiger partial charge is 0.240 e. The van der Waals surface area contributed by atoms with Crippen molar-refractivity contribution in [2.24, 2.45) is 5.92 Å². The van der Waals surface area contributed by atoms with E-state index in [0.717, 1.165) is 98.8 Å². The number of aliphatic hydroxyl groups is 1. The molecule has 2 aliphatic heterocycles. The van der Waals surface area contributed by atoms with E-state index < -0.39 is 26.6 Å². The second kappa shape index (κ2) is 15.1. The molecule has 0 unspecified atom stereocenters. The summed E-state index contributed by atoms with van der Waals surface area (Å²) in [4.78, 5) is 27.2. The van der Waals surface area contributed by atoms with Crippen LogP contribution in [0.5, 0.6) is 0 Å². The Kier molecular flexibility index (Phi) is 9.75. The summed E-state index contributed by atoms with van der Waals surface area (Å²) in [5.74, 6) is 0.549. The number of carbonyl (C=O) groups is 1. The molecule has 1 saturated carbocycles. The van der Waals surface area contributed by atoms with Crippen LogP contribution in [0.1, 0.15) is 78.5 Å². The molecule has 3 aromatic heterocycles. The van der Waals surface area contributed by atoms with Gasteiger partial charge in [0.1, 0.15) is 17.3 Å². The lowest BCUT2D eigenvalue weighted by Crippen LogP contribution is -2.42. The molecule has 3 atom stereocenters. The maximum absolute atomic E-state index is 13.1. The number of aromatic nitrogens is 2. The Labute approximate surface area is 355 Å². The standard InChI is InChI=1S/C48H49N7O5S/c1-28-35(36-7-5-9-41(29(36)2)52-46-44-31(12-17-50-46)20-30(24-51-44)25-54-18-14-34(56)27-54)6-4-8-37(28)43-22-33-21-39-38(40(23-49)45(33)60-43)10-11-42(39)55-19-13-32(26-55)47(57)53-61(58,59)48(3)15-16-48/h4-9,12,17,20-22,24,32,34,42,56H,10-11,13-16,18-19,25-27H2,1-3H3,(H,50,52)(H,53,57)/t32-,34-,42-/m1/s1. The third-order valence-corrected chi connectivity index (χ3v) is 15.9. The first-order valence-corrected chi connectivity index (χ1v) is 22.8. The number of carbonyl (C=O) groups excluding carboxylic acids is 1. The predicted octanol–water partition coefficient (Wildman–Crippen LogP) is 7.82. The quantitative estimate of drug-likeness (QED) is 0.123. The molecule has 13 heteroatoms. The van der Waals surface area contributed by atoms with Crippen molar-refractivity contribution >= 4 is 49.3 Å². The molecule has 5 heterocycles. The number of anilines is 2. The number of nitrogens with one attached hydrogen (secondary N) is 2. The molecule has 2 saturated heterocycles. The van der Waals surface area contributed by atoms with E-state index in [-0.39, 0.29) is 12.1 Å². The summed E-state index contributed by atoms with van der Waals surface area (Å²) in [6.45, 7) is 9.37. The molecule has 0 spiro atoms. The zero-order chi connectivity index (χ0) is 42.2. The lowest BCUT2D eigenvalue weighted by atomic mass is 9.92. The summed E-state index contributed by atoms with van der Waals surface area (Å²) >= 11 is 0. The summed E-state index contributed by atoms with van der Waals surface area (Å²) in [5.41, 5.74) is 11.2. The van der Waals surface area contributed by atoms with E-state index in [4.69, 9.17) is 9.40 Å². The van der Waals surface area contributed by atoms with Crippen molar-refractivity contribution in [1.82, 2.24) is 24.5 Å². The molecule has 3 aromatic carbocycles. The maximum Gasteiger partial charge on any atom is 0.240 e. The van der Waals surface area contributed by atoms with Crippen molar-refractivity contribution in [1.29, 1.82) is 5.26 Å². The molecule has 4 aliphatic rings. The van der Waals surface area contributed by atoms with Gasteiger partial charge in [-0.15, -0.1) is 0 Å². The Morgan fingerprint density at radius 3 is 2.52 bits per heavy atom. The molecule has 2 aliphatic carbocycles. The number of amides is 1. The maximum atomic E-state index is 13.1. The Balaban J connectivity index is 0.904. The van der Waals surface area contributed by atoms with Gasteiger partial charge in [0.25, 0.3) is 0 Å². The minimum absolute atomic E-state index is 0.0297. The minimum atomic E-state index is -3.69. The second-order valence-electron chi connectivity index (χ2n) is 17.7. The van der Waals surface area contributed by atoms with Gasteiger partial charge in [-0.25, -0.2) is 13.4 Å². The third kappa shape index (κ3) is 7.05. The van der Waals surface area contributed by atoms with Gasteiger partial charge in [-0.2, -0.15) is 5.26 Å². The zero-order valence-electron chi connectivity index (χ0n) is 34.7. The number of nitriles is 1. The largest absolute Gasteiger partial charge is 0.455 e. The van der Waals surface area contributed by atoms with Gasteiger partial charge in [0.05, 0.1) is 22.3 Å². The van der Waals surface area contributed by atoms with E-state index in [2.05, 4.69) is 81.1 Å². The Morgan fingerprint density at radius 1 is 0.967 bits per heavy atom. The fraction of sp³-hybridized carbons (Fsp3) is 0.375. The van der Waals surface area contributed by atoms with E-state index in [9.17, 15) is 23.6 Å². The van der Waals surface area contributed by atoms with E-state index in [1.54, 1.807) is 13.1 Å². The van der Waals surface area contributed by atoms with Crippen LogP contribution in [0, 0.1) is 31.1 Å². The summed E-state index contributed by atoms with van der Waals surface area (Å²) < 4.78 is 33.7. The predicted molar refractivity (Wildman–Crippen MR) is 235 cm³/mol. The topological polar surface area (TPSA) is 165 Å². The highest BCUT2D eigenvalue weighted by Crippen LogP contribution is 2.46. The summed E-state index contributed by atoms with van der Waals surface area (Å²) in [6, 6.07) is 23.3. The van der Waals surface area contributed by atoms with Gasteiger partial charge < -0.3 is 14.8 Å². The normalized spacial score (nSPS) is 21.2. The summed E-state index contributed by atoms with van der Waals surface area (Å²) in [7, 11) is -3.69. The van der Waals surface area contributed by atoms with Crippen LogP contribution in [-0.2, 0) is 27.8 Å². The molecular weight excluding hydrogens is 787 g/mol. The highest BCUT2D eigenvalue weighted by atomic mass is 32.2. The van der Waals surface area contributed by atoms with Gasteiger partial charge in [0, 0.05) is 66.6 Å². The molecule has 0 bridgehead atoms. The van der Waals surface area contributed by atoms with Crippen LogP contribution < -0.4 is 10.0 Å². The Morgan fingerprint density at radius 2 is 1.75 bits per heavy atom. The first-order valence-electron chi connectivity index (χ1n) is 21.3. The fourth-order valence-corrected chi connectivity index (χ4v) is 11.1. The number of hydrogen-bond donors (Lipinski definition) is 3. The number of β-amino-alcohol motifs (C(OH)–C–C–N with tert-alkyl or cyclic N) is 1. The zero-order valence-corrected chi connectivity index (χ0v) is 35.5. The second-order valence-corrected chi connectivity index (χ2v) is 19.9.